The number of rotatable bonds is 4. The molecule has 0 unspecified atom stereocenters. The maximum atomic E-state index is 5.97. The molecule has 92 valence electrons. The SMILES string of the molecule is CC.Cc1ccc(Cl)c(OCCN(C)C)c1. The van der Waals surface area contributed by atoms with Gasteiger partial charge in [-0.15, -0.1) is 0 Å². The molecule has 0 spiro atoms. The van der Waals surface area contributed by atoms with E-state index in [9.17, 15) is 0 Å². The minimum Gasteiger partial charge on any atom is -0.491 e. The fraction of sp³-hybridized carbons (Fsp3) is 0.538. The van der Waals surface area contributed by atoms with E-state index in [0.717, 1.165) is 17.9 Å². The lowest BCUT2D eigenvalue weighted by Gasteiger charge is -2.12. The zero-order valence-electron chi connectivity index (χ0n) is 10.9. The van der Waals surface area contributed by atoms with Gasteiger partial charge < -0.3 is 9.64 Å². The van der Waals surface area contributed by atoms with E-state index >= 15 is 0 Å². The summed E-state index contributed by atoms with van der Waals surface area (Å²) in [5.41, 5.74) is 1.16. The quantitative estimate of drug-likeness (QED) is 0.801. The summed E-state index contributed by atoms with van der Waals surface area (Å²) in [7, 11) is 4.03. The van der Waals surface area contributed by atoms with Gasteiger partial charge in [-0.05, 0) is 38.7 Å². The number of ether oxygens (including phenoxy) is 1. The van der Waals surface area contributed by atoms with Gasteiger partial charge in [0.25, 0.3) is 0 Å². The van der Waals surface area contributed by atoms with Gasteiger partial charge in [0, 0.05) is 6.54 Å². The average Bonchev–Trinajstić information content (AvgIpc) is 2.25. The molecule has 0 aliphatic rings. The number of benzene rings is 1. The summed E-state index contributed by atoms with van der Waals surface area (Å²) < 4.78 is 5.55. The fourth-order valence-corrected chi connectivity index (χ4v) is 1.23. The summed E-state index contributed by atoms with van der Waals surface area (Å²) >= 11 is 5.97. The number of nitrogens with zero attached hydrogens (tertiary/aromatic N) is 1. The maximum Gasteiger partial charge on any atom is 0.138 e. The van der Waals surface area contributed by atoms with Crippen LogP contribution < -0.4 is 4.74 Å². The van der Waals surface area contributed by atoms with E-state index in [4.69, 9.17) is 16.3 Å². The van der Waals surface area contributed by atoms with Crippen molar-refractivity contribution in [3.8, 4) is 5.75 Å². The van der Waals surface area contributed by atoms with Crippen molar-refractivity contribution >= 4 is 11.6 Å². The van der Waals surface area contributed by atoms with Gasteiger partial charge in [-0.3, -0.25) is 0 Å². The van der Waals surface area contributed by atoms with Crippen LogP contribution in [0.3, 0.4) is 0 Å². The molecule has 2 nitrogen and oxygen atoms in total. The first-order chi connectivity index (χ1) is 7.59. The van der Waals surface area contributed by atoms with Gasteiger partial charge >= 0.3 is 0 Å². The van der Waals surface area contributed by atoms with E-state index in [2.05, 4.69) is 4.90 Å². The van der Waals surface area contributed by atoms with Crippen molar-refractivity contribution in [2.45, 2.75) is 20.8 Å². The fourth-order valence-electron chi connectivity index (χ4n) is 1.06. The van der Waals surface area contributed by atoms with Crippen LogP contribution in [0.4, 0.5) is 0 Å². The molecular weight excluding hydrogens is 222 g/mol. The lowest BCUT2D eigenvalue weighted by Crippen LogP contribution is -2.19. The van der Waals surface area contributed by atoms with E-state index in [1.165, 1.54) is 0 Å². The van der Waals surface area contributed by atoms with E-state index < -0.39 is 0 Å². The third kappa shape index (κ3) is 5.99. The van der Waals surface area contributed by atoms with Crippen LogP contribution in [0.1, 0.15) is 19.4 Å². The van der Waals surface area contributed by atoms with Crippen LogP contribution in [-0.2, 0) is 0 Å². The minimum absolute atomic E-state index is 0.663. The van der Waals surface area contributed by atoms with Crippen LogP contribution in [0.15, 0.2) is 18.2 Å². The third-order valence-electron chi connectivity index (χ3n) is 1.88. The van der Waals surface area contributed by atoms with Crippen molar-refractivity contribution in [3.63, 3.8) is 0 Å². The molecule has 0 aliphatic carbocycles. The first-order valence-electron chi connectivity index (χ1n) is 5.63. The highest BCUT2D eigenvalue weighted by atomic mass is 35.5. The van der Waals surface area contributed by atoms with Crippen LogP contribution in [0, 0.1) is 6.92 Å². The molecular formula is C13H22ClNO. The molecule has 0 N–H and O–H groups in total. The normalized spacial score (nSPS) is 9.69. The largest absolute Gasteiger partial charge is 0.491 e. The van der Waals surface area contributed by atoms with Crippen molar-refractivity contribution < 1.29 is 4.74 Å². The summed E-state index contributed by atoms with van der Waals surface area (Å²) in [6, 6.07) is 5.79. The summed E-state index contributed by atoms with van der Waals surface area (Å²) in [4.78, 5) is 2.07. The zero-order chi connectivity index (χ0) is 12.6. The van der Waals surface area contributed by atoms with Gasteiger partial charge in [0.15, 0.2) is 0 Å². The van der Waals surface area contributed by atoms with Gasteiger partial charge in [0.05, 0.1) is 5.02 Å². The van der Waals surface area contributed by atoms with E-state index in [1.807, 2.05) is 53.1 Å². The van der Waals surface area contributed by atoms with Crippen molar-refractivity contribution in [2.75, 3.05) is 27.2 Å². The Hall–Kier alpha value is -0.730. The van der Waals surface area contributed by atoms with Crippen LogP contribution in [-0.4, -0.2) is 32.1 Å². The molecule has 0 bridgehead atoms. The second kappa shape index (κ2) is 8.43. The Kier molecular flexibility index (Phi) is 8.04. The van der Waals surface area contributed by atoms with Crippen molar-refractivity contribution in [1.82, 2.24) is 4.90 Å². The predicted molar refractivity (Wildman–Crippen MR) is 71.6 cm³/mol. The Morgan fingerprint density at radius 1 is 1.25 bits per heavy atom. The van der Waals surface area contributed by atoms with Crippen LogP contribution >= 0.6 is 11.6 Å². The zero-order valence-corrected chi connectivity index (χ0v) is 11.6. The molecule has 1 aromatic rings. The Labute approximate surface area is 104 Å². The van der Waals surface area contributed by atoms with E-state index in [0.29, 0.717) is 11.6 Å². The molecule has 0 fully saturated rings. The number of aryl methyl sites for hydroxylation is 1. The lowest BCUT2D eigenvalue weighted by atomic mass is 10.2. The summed E-state index contributed by atoms with van der Waals surface area (Å²) in [6.45, 7) is 7.58. The molecule has 0 atom stereocenters. The van der Waals surface area contributed by atoms with Gasteiger partial charge in [0.2, 0.25) is 0 Å². The molecule has 0 radical (unpaired) electrons. The highest BCUT2D eigenvalue weighted by Gasteiger charge is 2.01. The molecule has 0 aliphatic heterocycles. The standard InChI is InChI=1S/C11H16ClNO.C2H6/c1-9-4-5-10(12)11(8-9)14-7-6-13(2)3;1-2/h4-5,8H,6-7H2,1-3H3;1-2H3. The predicted octanol–water partition coefficient (Wildman–Crippen LogP) is 3.62. The Morgan fingerprint density at radius 2 is 1.88 bits per heavy atom. The van der Waals surface area contributed by atoms with E-state index in [1.54, 1.807) is 0 Å². The summed E-state index contributed by atoms with van der Waals surface area (Å²) in [5, 5.41) is 0.675. The molecule has 0 saturated carbocycles. The van der Waals surface area contributed by atoms with Crippen LogP contribution in [0.2, 0.25) is 5.02 Å². The molecule has 1 aromatic carbocycles. The highest BCUT2D eigenvalue weighted by Crippen LogP contribution is 2.24. The summed E-state index contributed by atoms with van der Waals surface area (Å²) in [6.07, 6.45) is 0. The van der Waals surface area contributed by atoms with Crippen molar-refractivity contribution in [3.05, 3.63) is 28.8 Å². The molecule has 0 aromatic heterocycles. The number of hydrogen-bond donors (Lipinski definition) is 0. The van der Waals surface area contributed by atoms with Crippen molar-refractivity contribution in [1.29, 1.82) is 0 Å². The first kappa shape index (κ1) is 15.3. The average molecular weight is 244 g/mol. The topological polar surface area (TPSA) is 12.5 Å². The Balaban J connectivity index is 0.00000106. The summed E-state index contributed by atoms with van der Waals surface area (Å²) in [5.74, 6) is 0.772. The molecule has 0 saturated heterocycles. The second-order valence-electron chi connectivity index (χ2n) is 3.59. The number of halogens is 1. The van der Waals surface area contributed by atoms with Gasteiger partial charge in [0.1, 0.15) is 12.4 Å². The Bertz CT molecular complexity index is 300. The molecule has 0 amide bonds. The van der Waals surface area contributed by atoms with Crippen molar-refractivity contribution in [2.24, 2.45) is 0 Å². The number of hydrogen-bond acceptors (Lipinski definition) is 2. The highest BCUT2D eigenvalue weighted by molar-refractivity contribution is 6.32. The van der Waals surface area contributed by atoms with Gasteiger partial charge in [-0.1, -0.05) is 31.5 Å². The van der Waals surface area contributed by atoms with Crippen LogP contribution in [0.5, 0.6) is 5.75 Å². The monoisotopic (exact) mass is 243 g/mol. The van der Waals surface area contributed by atoms with Crippen LogP contribution in [0.25, 0.3) is 0 Å². The molecule has 16 heavy (non-hydrogen) atoms. The lowest BCUT2D eigenvalue weighted by molar-refractivity contribution is 0.261. The minimum atomic E-state index is 0.663. The number of likely N-dealkylation sites (N-methyl/N-ethyl adjacent to an activating group) is 1. The van der Waals surface area contributed by atoms with Gasteiger partial charge in [-0.2, -0.15) is 0 Å². The second-order valence-corrected chi connectivity index (χ2v) is 3.99. The molecule has 1 rings (SSSR count). The Morgan fingerprint density at radius 3 is 2.44 bits per heavy atom. The molecule has 0 heterocycles. The molecule has 3 heteroatoms. The van der Waals surface area contributed by atoms with E-state index in [-0.39, 0.29) is 0 Å². The van der Waals surface area contributed by atoms with Gasteiger partial charge in [-0.25, -0.2) is 0 Å². The smallest absolute Gasteiger partial charge is 0.138 e. The first-order valence-corrected chi connectivity index (χ1v) is 6.01. The maximum absolute atomic E-state index is 5.97. The third-order valence-corrected chi connectivity index (χ3v) is 2.20.